The number of pyridine rings is 1. The SMILES string of the molecule is Nc1ccc2c(OC(=O)C(F)(F)F)cccc2n1. The number of ether oxygens (including phenoxy) is 1. The lowest BCUT2D eigenvalue weighted by Gasteiger charge is -2.09. The number of hydrogen-bond donors (Lipinski definition) is 1. The highest BCUT2D eigenvalue weighted by atomic mass is 19.4. The van der Waals surface area contributed by atoms with E-state index in [1.54, 1.807) is 6.07 Å². The number of benzene rings is 1. The van der Waals surface area contributed by atoms with E-state index < -0.39 is 12.1 Å². The van der Waals surface area contributed by atoms with Crippen molar-refractivity contribution >= 4 is 22.7 Å². The molecule has 94 valence electrons. The molecule has 18 heavy (non-hydrogen) atoms. The van der Waals surface area contributed by atoms with Crippen molar-refractivity contribution in [3.8, 4) is 5.75 Å². The molecule has 2 aromatic rings. The Kier molecular flexibility index (Phi) is 2.82. The van der Waals surface area contributed by atoms with Crippen LogP contribution in [0.15, 0.2) is 30.3 Å². The molecule has 1 aromatic carbocycles. The van der Waals surface area contributed by atoms with Crippen LogP contribution in [0.3, 0.4) is 0 Å². The molecule has 0 aliphatic heterocycles. The van der Waals surface area contributed by atoms with Crippen LogP contribution in [-0.2, 0) is 4.79 Å². The van der Waals surface area contributed by atoms with Gasteiger partial charge in [0.1, 0.15) is 11.6 Å². The van der Waals surface area contributed by atoms with E-state index in [1.807, 2.05) is 0 Å². The van der Waals surface area contributed by atoms with Crippen molar-refractivity contribution in [2.24, 2.45) is 0 Å². The maximum Gasteiger partial charge on any atom is 0.491 e. The van der Waals surface area contributed by atoms with Gasteiger partial charge in [0.05, 0.1) is 5.52 Å². The lowest BCUT2D eigenvalue weighted by molar-refractivity contribution is -0.189. The second kappa shape index (κ2) is 4.17. The number of carbonyl (C=O) groups excluding carboxylic acids is 1. The van der Waals surface area contributed by atoms with Gasteiger partial charge < -0.3 is 10.5 Å². The Balaban J connectivity index is 2.43. The smallest absolute Gasteiger partial charge is 0.419 e. The fourth-order valence-corrected chi connectivity index (χ4v) is 1.39. The van der Waals surface area contributed by atoms with Gasteiger partial charge in [0.2, 0.25) is 0 Å². The Morgan fingerprint density at radius 2 is 1.94 bits per heavy atom. The summed E-state index contributed by atoms with van der Waals surface area (Å²) in [4.78, 5) is 14.7. The average Bonchev–Trinajstić information content (AvgIpc) is 2.27. The van der Waals surface area contributed by atoms with Crippen molar-refractivity contribution in [2.75, 3.05) is 5.73 Å². The maximum absolute atomic E-state index is 12.1. The van der Waals surface area contributed by atoms with Gasteiger partial charge in [-0.05, 0) is 24.3 Å². The van der Waals surface area contributed by atoms with Gasteiger partial charge in [-0.25, -0.2) is 9.78 Å². The summed E-state index contributed by atoms with van der Waals surface area (Å²) in [6.07, 6.45) is -5.04. The average molecular weight is 256 g/mol. The van der Waals surface area contributed by atoms with Gasteiger partial charge in [0.15, 0.2) is 0 Å². The lowest BCUT2D eigenvalue weighted by atomic mass is 10.2. The van der Waals surface area contributed by atoms with Gasteiger partial charge in [-0.2, -0.15) is 13.2 Å². The van der Waals surface area contributed by atoms with Gasteiger partial charge in [-0.15, -0.1) is 0 Å². The minimum Gasteiger partial charge on any atom is -0.419 e. The number of nitrogen functional groups attached to an aromatic ring is 1. The van der Waals surface area contributed by atoms with Crippen LogP contribution >= 0.6 is 0 Å². The molecular formula is C11H7F3N2O2. The van der Waals surface area contributed by atoms with Crippen LogP contribution in [0.25, 0.3) is 10.9 Å². The first kappa shape index (κ1) is 12.2. The molecule has 0 unspecified atom stereocenters. The number of rotatable bonds is 1. The summed E-state index contributed by atoms with van der Waals surface area (Å²) in [7, 11) is 0. The lowest BCUT2D eigenvalue weighted by Crippen LogP contribution is -2.28. The molecule has 0 aliphatic carbocycles. The zero-order chi connectivity index (χ0) is 13.3. The number of hydrogen-bond acceptors (Lipinski definition) is 4. The van der Waals surface area contributed by atoms with Gasteiger partial charge >= 0.3 is 12.1 Å². The van der Waals surface area contributed by atoms with Crippen LogP contribution in [0, 0.1) is 0 Å². The molecule has 7 heteroatoms. The summed E-state index contributed by atoms with van der Waals surface area (Å²) in [5, 5.41) is 0.282. The van der Waals surface area contributed by atoms with Crippen molar-refractivity contribution in [2.45, 2.75) is 6.18 Å². The predicted octanol–water partition coefficient (Wildman–Crippen LogP) is 2.28. The topological polar surface area (TPSA) is 65.2 Å². The third-order valence-corrected chi connectivity index (χ3v) is 2.15. The number of esters is 1. The largest absolute Gasteiger partial charge is 0.491 e. The predicted molar refractivity (Wildman–Crippen MR) is 57.8 cm³/mol. The first-order valence-electron chi connectivity index (χ1n) is 4.82. The van der Waals surface area contributed by atoms with Crippen LogP contribution < -0.4 is 10.5 Å². The second-order valence-corrected chi connectivity index (χ2v) is 3.45. The summed E-state index contributed by atoms with van der Waals surface area (Å²) in [6.45, 7) is 0. The van der Waals surface area contributed by atoms with E-state index in [0.29, 0.717) is 5.52 Å². The first-order valence-corrected chi connectivity index (χ1v) is 4.82. The number of anilines is 1. The molecule has 0 radical (unpaired) electrons. The molecule has 0 aliphatic rings. The number of fused-ring (bicyclic) bond motifs is 1. The number of aromatic nitrogens is 1. The molecule has 2 N–H and O–H groups in total. The van der Waals surface area contributed by atoms with Crippen LogP contribution in [0.5, 0.6) is 5.75 Å². The van der Waals surface area contributed by atoms with E-state index in [2.05, 4.69) is 9.72 Å². The number of halogens is 3. The molecular weight excluding hydrogens is 249 g/mol. The van der Waals surface area contributed by atoms with E-state index in [-0.39, 0.29) is 17.0 Å². The zero-order valence-corrected chi connectivity index (χ0v) is 8.86. The van der Waals surface area contributed by atoms with Crippen LogP contribution in [0.1, 0.15) is 0 Å². The Hall–Kier alpha value is -2.31. The highest BCUT2D eigenvalue weighted by Gasteiger charge is 2.41. The van der Waals surface area contributed by atoms with Gasteiger partial charge in [0.25, 0.3) is 0 Å². The summed E-state index contributed by atoms with van der Waals surface area (Å²) >= 11 is 0. The summed E-state index contributed by atoms with van der Waals surface area (Å²) in [5.41, 5.74) is 5.80. The zero-order valence-electron chi connectivity index (χ0n) is 8.86. The highest BCUT2D eigenvalue weighted by molar-refractivity contribution is 5.89. The number of nitrogens with zero attached hydrogens (tertiary/aromatic N) is 1. The summed E-state index contributed by atoms with van der Waals surface area (Å²) in [6, 6.07) is 7.08. The summed E-state index contributed by atoms with van der Waals surface area (Å²) in [5.74, 6) is -2.25. The van der Waals surface area contributed by atoms with Crippen LogP contribution in [0.2, 0.25) is 0 Å². The molecule has 2 rings (SSSR count). The third kappa shape index (κ3) is 2.34. The van der Waals surface area contributed by atoms with Crippen molar-refractivity contribution in [3.63, 3.8) is 0 Å². The van der Waals surface area contributed by atoms with E-state index in [4.69, 9.17) is 5.73 Å². The molecule has 0 amide bonds. The number of nitrogens with two attached hydrogens (primary N) is 1. The second-order valence-electron chi connectivity index (χ2n) is 3.45. The molecule has 1 heterocycles. The quantitative estimate of drug-likeness (QED) is 0.628. The Morgan fingerprint density at radius 1 is 1.22 bits per heavy atom. The van der Waals surface area contributed by atoms with E-state index in [9.17, 15) is 18.0 Å². The fraction of sp³-hybridized carbons (Fsp3) is 0.0909. The summed E-state index contributed by atoms with van der Waals surface area (Å²) < 4.78 is 40.6. The van der Waals surface area contributed by atoms with Crippen molar-refractivity contribution < 1.29 is 22.7 Å². The third-order valence-electron chi connectivity index (χ3n) is 2.15. The van der Waals surface area contributed by atoms with Crippen LogP contribution in [0.4, 0.5) is 19.0 Å². The molecule has 0 fully saturated rings. The molecule has 0 bridgehead atoms. The molecule has 0 spiro atoms. The fourth-order valence-electron chi connectivity index (χ4n) is 1.39. The molecule has 4 nitrogen and oxygen atoms in total. The first-order chi connectivity index (χ1) is 8.38. The monoisotopic (exact) mass is 256 g/mol. The van der Waals surface area contributed by atoms with E-state index in [0.717, 1.165) is 0 Å². The van der Waals surface area contributed by atoms with Gasteiger partial charge in [-0.1, -0.05) is 6.07 Å². The van der Waals surface area contributed by atoms with Crippen molar-refractivity contribution in [1.29, 1.82) is 0 Å². The normalized spacial score (nSPS) is 11.5. The number of carbonyl (C=O) groups is 1. The standard InChI is InChI=1S/C11H7F3N2O2/c12-11(13,14)10(17)18-8-3-1-2-7-6(8)4-5-9(15)16-7/h1-5H,(H2,15,16). The molecule has 0 atom stereocenters. The van der Waals surface area contributed by atoms with Gasteiger partial charge in [-0.3, -0.25) is 0 Å². The van der Waals surface area contributed by atoms with Crippen molar-refractivity contribution in [3.05, 3.63) is 30.3 Å². The Labute approximate surface area is 99.2 Å². The number of alkyl halides is 3. The Morgan fingerprint density at radius 3 is 2.61 bits per heavy atom. The van der Waals surface area contributed by atoms with Gasteiger partial charge in [0, 0.05) is 5.39 Å². The van der Waals surface area contributed by atoms with Crippen LogP contribution in [-0.4, -0.2) is 17.1 Å². The van der Waals surface area contributed by atoms with Crippen molar-refractivity contribution in [1.82, 2.24) is 4.98 Å². The minimum absolute atomic E-state index is 0.206. The minimum atomic E-state index is -5.04. The molecule has 1 aromatic heterocycles. The maximum atomic E-state index is 12.1. The molecule has 0 saturated carbocycles. The Bertz CT molecular complexity index is 611. The van der Waals surface area contributed by atoms with E-state index in [1.165, 1.54) is 24.3 Å². The molecule has 0 saturated heterocycles. The highest BCUT2D eigenvalue weighted by Crippen LogP contribution is 2.27. The van der Waals surface area contributed by atoms with E-state index >= 15 is 0 Å².